The number of hydrogen-bond donors (Lipinski definition) is 2. The van der Waals surface area contributed by atoms with Gasteiger partial charge in [0.2, 0.25) is 0 Å². The molecule has 16 heavy (non-hydrogen) atoms. The molecule has 0 spiro atoms. The highest BCUT2D eigenvalue weighted by atomic mass is 19.4. The molecule has 0 fully saturated rings. The van der Waals surface area contributed by atoms with Crippen LogP contribution < -0.4 is 5.59 Å². The Morgan fingerprint density at radius 1 is 1.44 bits per heavy atom. The van der Waals surface area contributed by atoms with Crippen molar-refractivity contribution >= 4 is 12.7 Å². The van der Waals surface area contributed by atoms with Crippen molar-refractivity contribution in [2.75, 3.05) is 0 Å². The summed E-state index contributed by atoms with van der Waals surface area (Å²) < 4.78 is 38.0. The lowest BCUT2D eigenvalue weighted by molar-refractivity contribution is -0.141. The van der Waals surface area contributed by atoms with Gasteiger partial charge in [0.1, 0.15) is 0 Å². The van der Waals surface area contributed by atoms with Gasteiger partial charge in [-0.05, 0) is 12.0 Å². The molecule has 90 valence electrons. The summed E-state index contributed by atoms with van der Waals surface area (Å²) in [6, 6.07) is 0.646. The third kappa shape index (κ3) is 2.99. The van der Waals surface area contributed by atoms with Crippen LogP contribution in [0.2, 0.25) is 0 Å². The molecule has 4 nitrogen and oxygen atoms in total. The van der Waals surface area contributed by atoms with E-state index >= 15 is 0 Å². The van der Waals surface area contributed by atoms with Crippen LogP contribution in [0.4, 0.5) is 13.2 Å². The minimum atomic E-state index is -4.58. The highest BCUT2D eigenvalue weighted by Gasteiger charge is 2.36. The van der Waals surface area contributed by atoms with Crippen molar-refractivity contribution in [3.63, 3.8) is 0 Å². The van der Waals surface area contributed by atoms with Gasteiger partial charge < -0.3 is 10.0 Å². The topological polar surface area (TPSA) is 58.3 Å². The summed E-state index contributed by atoms with van der Waals surface area (Å²) in [4.78, 5) is 0. The van der Waals surface area contributed by atoms with Gasteiger partial charge in [-0.25, -0.2) is 0 Å². The van der Waals surface area contributed by atoms with Crippen LogP contribution in [0.3, 0.4) is 0 Å². The lowest BCUT2D eigenvalue weighted by atomic mass is 9.85. The molecule has 0 aliphatic carbocycles. The van der Waals surface area contributed by atoms with Crippen LogP contribution in [0.15, 0.2) is 6.07 Å². The Kier molecular flexibility index (Phi) is 3.64. The lowest BCUT2D eigenvalue weighted by Gasteiger charge is -2.08. The third-order valence-corrected chi connectivity index (χ3v) is 1.90. The van der Waals surface area contributed by atoms with Crippen molar-refractivity contribution in [2.24, 2.45) is 5.92 Å². The number of rotatable bonds is 3. The molecule has 8 heteroatoms. The molecule has 0 aromatic carbocycles. The van der Waals surface area contributed by atoms with Crippen LogP contribution >= 0.6 is 0 Å². The van der Waals surface area contributed by atoms with Gasteiger partial charge in [0.25, 0.3) is 0 Å². The largest absolute Gasteiger partial charge is 0.507 e. The molecule has 1 aromatic heterocycles. The van der Waals surface area contributed by atoms with Crippen molar-refractivity contribution in [1.82, 2.24) is 9.78 Å². The maximum atomic E-state index is 12.3. The first kappa shape index (κ1) is 13.1. The predicted octanol–water partition coefficient (Wildman–Crippen LogP) is 0.238. The van der Waals surface area contributed by atoms with Crippen LogP contribution in [0.5, 0.6) is 0 Å². The van der Waals surface area contributed by atoms with E-state index in [0.717, 1.165) is 4.68 Å². The molecule has 0 radical (unpaired) electrons. The zero-order valence-corrected chi connectivity index (χ0v) is 8.86. The highest BCUT2D eigenvalue weighted by Crippen LogP contribution is 2.26. The summed E-state index contributed by atoms with van der Waals surface area (Å²) in [5, 5.41) is 21.2. The summed E-state index contributed by atoms with van der Waals surface area (Å²) in [6.07, 6.45) is -4.58. The summed E-state index contributed by atoms with van der Waals surface area (Å²) in [7, 11) is -1.96. The SMILES string of the molecule is CC(C)Cn1nc(C(F)(F)F)cc1B(O)O. The molecular weight excluding hydrogens is 224 g/mol. The van der Waals surface area contributed by atoms with Gasteiger partial charge in [0.15, 0.2) is 5.69 Å². The molecule has 0 unspecified atom stereocenters. The van der Waals surface area contributed by atoms with Gasteiger partial charge in [-0.15, -0.1) is 0 Å². The first-order valence-electron chi connectivity index (χ1n) is 4.73. The van der Waals surface area contributed by atoms with Gasteiger partial charge in [-0.3, -0.25) is 4.68 Å². The molecule has 1 heterocycles. The van der Waals surface area contributed by atoms with E-state index in [1.165, 1.54) is 0 Å². The summed E-state index contributed by atoms with van der Waals surface area (Å²) in [6.45, 7) is 3.79. The van der Waals surface area contributed by atoms with Gasteiger partial charge >= 0.3 is 13.3 Å². The van der Waals surface area contributed by atoms with Crippen LogP contribution in [0.25, 0.3) is 0 Å². The Balaban J connectivity index is 3.10. The van der Waals surface area contributed by atoms with Crippen molar-refractivity contribution in [2.45, 2.75) is 26.6 Å². The van der Waals surface area contributed by atoms with E-state index in [4.69, 9.17) is 10.0 Å². The number of halogens is 3. The van der Waals surface area contributed by atoms with E-state index < -0.39 is 19.0 Å². The molecule has 0 saturated carbocycles. The quantitative estimate of drug-likeness (QED) is 0.739. The molecule has 0 bridgehead atoms. The molecular formula is C8H12BF3N2O2. The van der Waals surface area contributed by atoms with Crippen molar-refractivity contribution in [1.29, 1.82) is 0 Å². The van der Waals surface area contributed by atoms with Crippen LogP contribution in [-0.2, 0) is 12.7 Å². The molecule has 2 N–H and O–H groups in total. The fourth-order valence-corrected chi connectivity index (χ4v) is 1.27. The van der Waals surface area contributed by atoms with Crippen molar-refractivity contribution < 1.29 is 23.2 Å². The molecule has 0 amide bonds. The Hall–Kier alpha value is -1.02. The summed E-state index contributed by atoms with van der Waals surface area (Å²) in [5.41, 5.74) is -1.36. The predicted molar refractivity (Wildman–Crippen MR) is 51.9 cm³/mol. The Labute approximate surface area is 90.8 Å². The van der Waals surface area contributed by atoms with Gasteiger partial charge in [-0.1, -0.05) is 13.8 Å². The smallest absolute Gasteiger partial charge is 0.422 e. The van der Waals surface area contributed by atoms with E-state index in [2.05, 4.69) is 5.10 Å². The number of alkyl halides is 3. The lowest BCUT2D eigenvalue weighted by Crippen LogP contribution is -2.37. The second kappa shape index (κ2) is 4.46. The zero-order valence-electron chi connectivity index (χ0n) is 8.86. The summed E-state index contributed by atoms with van der Waals surface area (Å²) >= 11 is 0. The third-order valence-electron chi connectivity index (χ3n) is 1.90. The molecule has 1 aromatic rings. The van der Waals surface area contributed by atoms with Gasteiger partial charge in [-0.2, -0.15) is 18.3 Å². The van der Waals surface area contributed by atoms with Gasteiger partial charge in [0.05, 0.1) is 5.59 Å². The fourth-order valence-electron chi connectivity index (χ4n) is 1.27. The monoisotopic (exact) mass is 236 g/mol. The fraction of sp³-hybridized carbons (Fsp3) is 0.625. The first-order chi connectivity index (χ1) is 7.21. The van der Waals surface area contributed by atoms with E-state index in [0.29, 0.717) is 6.07 Å². The second-order valence-electron chi connectivity index (χ2n) is 3.90. The van der Waals surface area contributed by atoms with E-state index in [1.54, 1.807) is 13.8 Å². The number of aromatic nitrogens is 2. The Morgan fingerprint density at radius 3 is 2.38 bits per heavy atom. The highest BCUT2D eigenvalue weighted by molar-refractivity contribution is 6.57. The molecule has 0 atom stereocenters. The van der Waals surface area contributed by atoms with E-state index in [9.17, 15) is 13.2 Å². The van der Waals surface area contributed by atoms with Gasteiger partial charge in [0, 0.05) is 6.54 Å². The van der Waals surface area contributed by atoms with Crippen molar-refractivity contribution in [3.8, 4) is 0 Å². The molecule has 0 aliphatic heterocycles. The second-order valence-corrected chi connectivity index (χ2v) is 3.90. The van der Waals surface area contributed by atoms with Crippen molar-refractivity contribution in [3.05, 3.63) is 11.8 Å². The maximum Gasteiger partial charge on any atom is 0.507 e. The minimum Gasteiger partial charge on any atom is -0.422 e. The zero-order chi connectivity index (χ0) is 12.5. The average Bonchev–Trinajstić information content (AvgIpc) is 2.45. The average molecular weight is 236 g/mol. The van der Waals surface area contributed by atoms with E-state index in [1.807, 2.05) is 0 Å². The normalized spacial score (nSPS) is 12.2. The summed E-state index contributed by atoms with van der Waals surface area (Å²) in [5.74, 6) is 0.0542. The molecule has 0 aliphatic rings. The Morgan fingerprint density at radius 2 is 2.00 bits per heavy atom. The van der Waals surface area contributed by atoms with Crippen LogP contribution in [0, 0.1) is 5.92 Å². The molecule has 1 rings (SSSR count). The van der Waals surface area contributed by atoms with Crippen LogP contribution in [0.1, 0.15) is 19.5 Å². The van der Waals surface area contributed by atoms with Crippen LogP contribution in [-0.4, -0.2) is 26.9 Å². The number of nitrogens with zero attached hydrogens (tertiary/aromatic N) is 2. The first-order valence-corrected chi connectivity index (χ1v) is 4.73. The van der Waals surface area contributed by atoms with E-state index in [-0.39, 0.29) is 18.1 Å². The Bertz CT molecular complexity index is 363. The number of hydrogen-bond acceptors (Lipinski definition) is 3. The molecule has 0 saturated heterocycles. The maximum absolute atomic E-state index is 12.3. The standard InChI is InChI=1S/C8H12BF3N2O2/c1-5(2)4-14-7(9(15)16)3-6(13-14)8(10,11)12/h3,5,15-16H,4H2,1-2H3. The minimum absolute atomic E-state index is 0.0542.